The molecule has 6 nitrogen and oxygen atoms in total. The number of halogens is 4. The summed E-state index contributed by atoms with van der Waals surface area (Å²) in [6, 6.07) is -0.370. The molecule has 0 radical (unpaired) electrons. The Morgan fingerprint density at radius 1 is 1.36 bits per heavy atom. The SMILES string of the molecule is CC(C)(C)OC(=O)NS(=O)(=O)NC1c2c(Cl)cc(F)cc2CC1(F)F. The number of amides is 1. The number of fused-ring (bicyclic) bond motifs is 1. The lowest BCUT2D eigenvalue weighted by atomic mass is 10.1. The van der Waals surface area contributed by atoms with E-state index in [2.05, 4.69) is 0 Å². The van der Waals surface area contributed by atoms with Crippen molar-refractivity contribution < 1.29 is 31.1 Å². The smallest absolute Gasteiger partial charge is 0.422 e. The molecule has 1 aliphatic carbocycles. The number of hydrogen-bond acceptors (Lipinski definition) is 4. The molecule has 0 aliphatic heterocycles. The van der Waals surface area contributed by atoms with Gasteiger partial charge in [-0.25, -0.2) is 22.7 Å². The van der Waals surface area contributed by atoms with Gasteiger partial charge in [0.05, 0.1) is 0 Å². The number of alkyl halides is 2. The van der Waals surface area contributed by atoms with Crippen LogP contribution in [0.4, 0.5) is 18.0 Å². The minimum absolute atomic E-state index is 0.111. The standard InChI is InChI=1S/C14H16ClF3N2O4S/c1-13(2,3)24-12(21)20-25(22,23)19-11-10-7(6-14(11,17)18)4-8(16)5-9(10)15/h4-5,11,19H,6H2,1-3H3,(H,20,21). The highest BCUT2D eigenvalue weighted by molar-refractivity contribution is 7.88. The Labute approximate surface area is 147 Å². The van der Waals surface area contributed by atoms with Crippen molar-refractivity contribution >= 4 is 27.9 Å². The molecule has 0 saturated carbocycles. The highest BCUT2D eigenvalue weighted by atomic mass is 35.5. The van der Waals surface area contributed by atoms with Gasteiger partial charge in [0.1, 0.15) is 17.5 Å². The van der Waals surface area contributed by atoms with E-state index in [1.807, 2.05) is 0 Å². The third kappa shape index (κ3) is 4.77. The van der Waals surface area contributed by atoms with Crippen LogP contribution in [0.2, 0.25) is 5.02 Å². The lowest BCUT2D eigenvalue weighted by Crippen LogP contribution is -2.47. The van der Waals surface area contributed by atoms with Crippen molar-refractivity contribution in [3.8, 4) is 0 Å². The van der Waals surface area contributed by atoms with Crippen LogP contribution < -0.4 is 9.44 Å². The van der Waals surface area contributed by atoms with Gasteiger partial charge in [0.2, 0.25) is 0 Å². The van der Waals surface area contributed by atoms with E-state index >= 15 is 0 Å². The van der Waals surface area contributed by atoms with Gasteiger partial charge in [0, 0.05) is 11.4 Å². The Balaban J connectivity index is 2.26. The highest BCUT2D eigenvalue weighted by Gasteiger charge is 2.50. The van der Waals surface area contributed by atoms with Crippen molar-refractivity contribution in [1.82, 2.24) is 9.44 Å². The Hall–Kier alpha value is -1.52. The monoisotopic (exact) mass is 400 g/mol. The lowest BCUT2D eigenvalue weighted by Gasteiger charge is -2.23. The maximum absolute atomic E-state index is 14.2. The molecule has 1 unspecified atom stereocenters. The molecule has 1 aliphatic rings. The zero-order valence-electron chi connectivity index (χ0n) is 13.5. The Morgan fingerprint density at radius 2 is 1.96 bits per heavy atom. The molecule has 1 amide bonds. The van der Waals surface area contributed by atoms with Crippen LogP contribution in [0, 0.1) is 5.82 Å². The van der Waals surface area contributed by atoms with Crippen molar-refractivity contribution in [2.75, 3.05) is 0 Å². The molecule has 2 N–H and O–H groups in total. The zero-order chi connectivity index (χ0) is 19.2. The van der Waals surface area contributed by atoms with Crippen molar-refractivity contribution in [3.63, 3.8) is 0 Å². The average molecular weight is 401 g/mol. The first-order chi connectivity index (χ1) is 11.2. The van der Waals surface area contributed by atoms with Gasteiger partial charge in [-0.3, -0.25) is 0 Å². The molecule has 0 bridgehead atoms. The molecule has 1 aromatic carbocycles. The van der Waals surface area contributed by atoms with E-state index in [1.165, 1.54) is 25.5 Å². The molecule has 11 heteroatoms. The fourth-order valence-corrected chi connectivity index (χ4v) is 3.67. The van der Waals surface area contributed by atoms with Gasteiger partial charge in [-0.15, -0.1) is 0 Å². The van der Waals surface area contributed by atoms with Gasteiger partial charge in [0.15, 0.2) is 0 Å². The minimum atomic E-state index is -4.68. The Bertz CT molecular complexity index is 809. The molecular formula is C14H16ClF3N2O4S. The van der Waals surface area contributed by atoms with Crippen LogP contribution in [0.3, 0.4) is 0 Å². The summed E-state index contributed by atoms with van der Waals surface area (Å²) in [4.78, 5) is 11.6. The number of ether oxygens (including phenoxy) is 1. The fourth-order valence-electron chi connectivity index (χ4n) is 2.41. The van der Waals surface area contributed by atoms with Crippen LogP contribution in [0.1, 0.15) is 37.9 Å². The van der Waals surface area contributed by atoms with E-state index < -0.39 is 46.1 Å². The van der Waals surface area contributed by atoms with Gasteiger partial charge in [-0.1, -0.05) is 11.6 Å². The Kier molecular flexibility index (Phi) is 5.01. The molecule has 1 atom stereocenters. The van der Waals surface area contributed by atoms with Crippen molar-refractivity contribution in [3.05, 3.63) is 34.1 Å². The summed E-state index contributed by atoms with van der Waals surface area (Å²) < 4.78 is 73.6. The average Bonchev–Trinajstić information content (AvgIpc) is 2.55. The van der Waals surface area contributed by atoms with Crippen LogP contribution in [-0.4, -0.2) is 26.0 Å². The number of carbonyl (C=O) groups excluding carboxylic acids is 1. The summed E-state index contributed by atoms with van der Waals surface area (Å²) in [5.41, 5.74) is -1.33. The number of hydrogen-bond donors (Lipinski definition) is 2. The van der Waals surface area contributed by atoms with Crippen molar-refractivity contribution in [2.24, 2.45) is 0 Å². The second kappa shape index (κ2) is 6.33. The summed E-state index contributed by atoms with van der Waals surface area (Å²) in [7, 11) is -4.68. The highest BCUT2D eigenvalue weighted by Crippen LogP contribution is 2.46. The molecule has 0 heterocycles. The van der Waals surface area contributed by atoms with Crippen LogP contribution in [-0.2, 0) is 21.4 Å². The van der Waals surface area contributed by atoms with E-state index in [0.29, 0.717) is 0 Å². The number of rotatable bonds is 3. The third-order valence-electron chi connectivity index (χ3n) is 3.21. The second-order valence-corrected chi connectivity index (χ2v) is 8.41. The number of nitrogens with one attached hydrogen (secondary N) is 2. The first-order valence-electron chi connectivity index (χ1n) is 7.09. The molecule has 140 valence electrons. The summed E-state index contributed by atoms with van der Waals surface area (Å²) in [6.07, 6.45) is -2.22. The van der Waals surface area contributed by atoms with Crippen LogP contribution >= 0.6 is 11.6 Å². The summed E-state index contributed by atoms with van der Waals surface area (Å²) >= 11 is 5.80. The normalized spacial score (nSPS) is 19.4. The topological polar surface area (TPSA) is 84.5 Å². The van der Waals surface area contributed by atoms with Gasteiger partial charge in [0.25, 0.3) is 5.92 Å². The van der Waals surface area contributed by atoms with E-state index in [4.69, 9.17) is 16.3 Å². The zero-order valence-corrected chi connectivity index (χ0v) is 15.1. The van der Waals surface area contributed by atoms with E-state index in [9.17, 15) is 26.4 Å². The molecule has 0 aromatic heterocycles. The molecule has 1 aromatic rings. The van der Waals surface area contributed by atoms with E-state index in [1.54, 1.807) is 4.72 Å². The molecular weight excluding hydrogens is 385 g/mol. The lowest BCUT2D eigenvalue weighted by molar-refractivity contribution is -0.0189. The molecule has 0 saturated heterocycles. The van der Waals surface area contributed by atoms with Crippen LogP contribution in [0.25, 0.3) is 0 Å². The van der Waals surface area contributed by atoms with Gasteiger partial charge < -0.3 is 4.74 Å². The summed E-state index contributed by atoms with van der Waals surface area (Å²) in [5, 5.41) is -0.336. The largest absolute Gasteiger partial charge is 0.443 e. The summed E-state index contributed by atoms with van der Waals surface area (Å²) in [5.74, 6) is -4.36. The van der Waals surface area contributed by atoms with Crippen LogP contribution in [0.15, 0.2) is 12.1 Å². The molecule has 25 heavy (non-hydrogen) atoms. The van der Waals surface area contributed by atoms with E-state index in [0.717, 1.165) is 12.1 Å². The van der Waals surface area contributed by atoms with Crippen LogP contribution in [0.5, 0.6) is 0 Å². The predicted molar refractivity (Wildman–Crippen MR) is 84.2 cm³/mol. The molecule has 0 fully saturated rings. The number of benzene rings is 1. The van der Waals surface area contributed by atoms with Gasteiger partial charge in [-0.2, -0.15) is 13.1 Å². The van der Waals surface area contributed by atoms with Crippen molar-refractivity contribution in [2.45, 2.75) is 44.8 Å². The minimum Gasteiger partial charge on any atom is -0.443 e. The predicted octanol–water partition coefficient (Wildman–Crippen LogP) is 3.07. The molecule has 2 rings (SSSR count). The first-order valence-corrected chi connectivity index (χ1v) is 8.95. The third-order valence-corrected chi connectivity index (χ3v) is 4.50. The maximum atomic E-state index is 14.2. The maximum Gasteiger partial charge on any atom is 0.422 e. The first kappa shape index (κ1) is 19.8. The molecule has 0 spiro atoms. The van der Waals surface area contributed by atoms with Gasteiger partial charge >= 0.3 is 16.3 Å². The quantitative estimate of drug-likeness (QED) is 0.816. The van der Waals surface area contributed by atoms with Gasteiger partial charge in [-0.05, 0) is 44.0 Å². The Morgan fingerprint density at radius 3 is 2.52 bits per heavy atom. The second-order valence-electron chi connectivity index (χ2n) is 6.56. The summed E-state index contributed by atoms with van der Waals surface area (Å²) in [6.45, 7) is 4.51. The van der Waals surface area contributed by atoms with Crippen molar-refractivity contribution in [1.29, 1.82) is 0 Å². The number of carbonyl (C=O) groups is 1. The fraction of sp³-hybridized carbons (Fsp3) is 0.500. The van der Waals surface area contributed by atoms with E-state index in [-0.39, 0.29) is 16.1 Å².